The van der Waals surface area contributed by atoms with E-state index < -0.39 is 0 Å². The fourth-order valence-electron chi connectivity index (χ4n) is 1.02. The maximum absolute atomic E-state index is 9.90. The lowest BCUT2D eigenvalue weighted by atomic mass is 10.2. The Balaban J connectivity index is 2.28. The highest BCUT2D eigenvalue weighted by molar-refractivity contribution is 5.63. The van der Waals surface area contributed by atoms with Crippen LogP contribution in [0.2, 0.25) is 0 Å². The van der Waals surface area contributed by atoms with Gasteiger partial charge in [-0.2, -0.15) is 5.10 Å². The van der Waals surface area contributed by atoms with Crippen LogP contribution in [0.5, 0.6) is 0 Å². The maximum atomic E-state index is 9.90. The SMILES string of the molecule is C[C@H](/C=N/NC=O)OCc1ccccc1. The Morgan fingerprint density at radius 2 is 2.20 bits per heavy atom. The first-order chi connectivity index (χ1) is 7.33. The molecular formula is C11H14N2O2. The topological polar surface area (TPSA) is 50.7 Å². The predicted octanol–water partition coefficient (Wildman–Crippen LogP) is 1.32. The highest BCUT2D eigenvalue weighted by atomic mass is 16.5. The van der Waals surface area contributed by atoms with Crippen LogP contribution < -0.4 is 5.43 Å². The molecule has 0 saturated carbocycles. The summed E-state index contributed by atoms with van der Waals surface area (Å²) in [4.78, 5) is 9.90. The molecule has 0 bridgehead atoms. The van der Waals surface area contributed by atoms with Gasteiger partial charge in [-0.1, -0.05) is 30.3 Å². The summed E-state index contributed by atoms with van der Waals surface area (Å²) < 4.78 is 5.47. The van der Waals surface area contributed by atoms with Gasteiger partial charge in [0.05, 0.1) is 18.9 Å². The van der Waals surface area contributed by atoms with Crippen molar-refractivity contribution >= 4 is 12.6 Å². The number of hydrogen-bond acceptors (Lipinski definition) is 3. The van der Waals surface area contributed by atoms with Crippen molar-refractivity contribution < 1.29 is 9.53 Å². The Morgan fingerprint density at radius 1 is 1.47 bits per heavy atom. The molecule has 1 aromatic carbocycles. The molecule has 1 rings (SSSR count). The summed E-state index contributed by atoms with van der Waals surface area (Å²) in [6.45, 7) is 2.40. The molecule has 1 amide bonds. The molecule has 1 N–H and O–H groups in total. The largest absolute Gasteiger partial charge is 0.368 e. The quantitative estimate of drug-likeness (QED) is 0.433. The summed E-state index contributed by atoms with van der Waals surface area (Å²) in [5.41, 5.74) is 3.30. The zero-order chi connectivity index (χ0) is 10.9. The van der Waals surface area contributed by atoms with Crippen molar-refractivity contribution in [2.75, 3.05) is 0 Å². The lowest BCUT2D eigenvalue weighted by Gasteiger charge is -2.07. The number of hydrazone groups is 1. The Bertz CT molecular complexity index is 312. The Morgan fingerprint density at radius 3 is 2.87 bits per heavy atom. The van der Waals surface area contributed by atoms with E-state index >= 15 is 0 Å². The van der Waals surface area contributed by atoms with Crippen LogP contribution in [0.25, 0.3) is 0 Å². The molecule has 4 nitrogen and oxygen atoms in total. The summed E-state index contributed by atoms with van der Waals surface area (Å²) in [7, 11) is 0. The number of hydrogen-bond donors (Lipinski definition) is 1. The van der Waals surface area contributed by atoms with Crippen molar-refractivity contribution in [2.24, 2.45) is 5.10 Å². The normalized spacial score (nSPS) is 12.6. The minimum atomic E-state index is -0.127. The zero-order valence-corrected chi connectivity index (χ0v) is 8.59. The van der Waals surface area contributed by atoms with Crippen LogP contribution >= 0.6 is 0 Å². The molecule has 1 atom stereocenters. The first-order valence-corrected chi connectivity index (χ1v) is 4.71. The maximum Gasteiger partial charge on any atom is 0.227 e. The first kappa shape index (κ1) is 11.4. The van der Waals surface area contributed by atoms with Crippen LogP contribution in [-0.2, 0) is 16.1 Å². The van der Waals surface area contributed by atoms with Gasteiger partial charge in [-0.3, -0.25) is 4.79 Å². The first-order valence-electron chi connectivity index (χ1n) is 4.71. The number of nitrogens with one attached hydrogen (secondary N) is 1. The Labute approximate surface area is 88.9 Å². The van der Waals surface area contributed by atoms with E-state index in [1.54, 1.807) is 0 Å². The van der Waals surface area contributed by atoms with E-state index in [2.05, 4.69) is 10.5 Å². The van der Waals surface area contributed by atoms with Gasteiger partial charge in [-0.05, 0) is 12.5 Å². The van der Waals surface area contributed by atoms with E-state index in [-0.39, 0.29) is 6.10 Å². The molecular weight excluding hydrogens is 192 g/mol. The predicted molar refractivity (Wildman–Crippen MR) is 58.4 cm³/mol. The van der Waals surface area contributed by atoms with Gasteiger partial charge in [-0.25, -0.2) is 5.43 Å². The van der Waals surface area contributed by atoms with Gasteiger partial charge in [0.1, 0.15) is 0 Å². The fraction of sp³-hybridized carbons (Fsp3) is 0.273. The van der Waals surface area contributed by atoms with E-state index in [9.17, 15) is 4.79 Å². The monoisotopic (exact) mass is 206 g/mol. The van der Waals surface area contributed by atoms with Crippen LogP contribution in [0.3, 0.4) is 0 Å². The lowest BCUT2D eigenvalue weighted by Crippen LogP contribution is -2.12. The second-order valence-corrected chi connectivity index (χ2v) is 3.03. The minimum Gasteiger partial charge on any atom is -0.368 e. The van der Waals surface area contributed by atoms with Crippen molar-refractivity contribution in [2.45, 2.75) is 19.6 Å². The molecule has 15 heavy (non-hydrogen) atoms. The van der Waals surface area contributed by atoms with E-state index in [1.165, 1.54) is 6.21 Å². The third-order valence-corrected chi connectivity index (χ3v) is 1.77. The minimum absolute atomic E-state index is 0.127. The molecule has 80 valence electrons. The van der Waals surface area contributed by atoms with Gasteiger partial charge in [0.2, 0.25) is 6.41 Å². The van der Waals surface area contributed by atoms with E-state index in [1.807, 2.05) is 37.3 Å². The molecule has 0 saturated heterocycles. The molecule has 0 radical (unpaired) electrons. The molecule has 0 spiro atoms. The standard InChI is InChI=1S/C11H14N2O2/c1-10(7-12-13-9-14)15-8-11-5-3-2-4-6-11/h2-7,9-10H,8H2,1H3,(H,13,14)/b12-7+/t10-/m1/s1. The molecule has 0 aromatic heterocycles. The molecule has 0 heterocycles. The Hall–Kier alpha value is -1.68. The Kier molecular flexibility index (Phi) is 5.11. The second-order valence-electron chi connectivity index (χ2n) is 3.03. The van der Waals surface area contributed by atoms with Crippen molar-refractivity contribution in [1.29, 1.82) is 0 Å². The number of rotatable bonds is 6. The molecule has 0 fully saturated rings. The van der Waals surface area contributed by atoms with Crippen LogP contribution in [0, 0.1) is 0 Å². The number of nitrogens with zero attached hydrogens (tertiary/aromatic N) is 1. The average molecular weight is 206 g/mol. The molecule has 0 aliphatic carbocycles. The number of amides is 1. The van der Waals surface area contributed by atoms with Gasteiger partial charge in [-0.15, -0.1) is 0 Å². The van der Waals surface area contributed by atoms with Crippen LogP contribution in [0.4, 0.5) is 0 Å². The average Bonchev–Trinajstić information content (AvgIpc) is 2.28. The number of ether oxygens (including phenoxy) is 1. The van der Waals surface area contributed by atoms with Crippen LogP contribution in [-0.4, -0.2) is 18.7 Å². The van der Waals surface area contributed by atoms with Crippen molar-refractivity contribution in [3.05, 3.63) is 35.9 Å². The molecule has 0 aliphatic heterocycles. The van der Waals surface area contributed by atoms with E-state index in [4.69, 9.17) is 4.74 Å². The van der Waals surface area contributed by atoms with Crippen molar-refractivity contribution in [3.8, 4) is 0 Å². The highest BCUT2D eigenvalue weighted by Gasteiger charge is 1.98. The molecule has 0 unspecified atom stereocenters. The van der Waals surface area contributed by atoms with Gasteiger partial charge in [0.25, 0.3) is 0 Å². The zero-order valence-electron chi connectivity index (χ0n) is 8.59. The van der Waals surface area contributed by atoms with E-state index in [0.29, 0.717) is 13.0 Å². The van der Waals surface area contributed by atoms with Gasteiger partial charge in [0.15, 0.2) is 0 Å². The fourth-order valence-corrected chi connectivity index (χ4v) is 1.02. The summed E-state index contributed by atoms with van der Waals surface area (Å²) in [6.07, 6.45) is 1.93. The third-order valence-electron chi connectivity index (χ3n) is 1.77. The van der Waals surface area contributed by atoms with E-state index in [0.717, 1.165) is 5.56 Å². The van der Waals surface area contributed by atoms with Crippen LogP contribution in [0.15, 0.2) is 35.4 Å². The summed E-state index contributed by atoms with van der Waals surface area (Å²) in [5, 5.41) is 3.63. The number of carbonyl (C=O) groups is 1. The highest BCUT2D eigenvalue weighted by Crippen LogP contribution is 2.01. The smallest absolute Gasteiger partial charge is 0.227 e. The van der Waals surface area contributed by atoms with Crippen LogP contribution in [0.1, 0.15) is 12.5 Å². The number of benzene rings is 1. The van der Waals surface area contributed by atoms with Gasteiger partial charge in [0, 0.05) is 0 Å². The lowest BCUT2D eigenvalue weighted by molar-refractivity contribution is -0.109. The van der Waals surface area contributed by atoms with Crippen molar-refractivity contribution in [1.82, 2.24) is 5.43 Å². The molecule has 1 aromatic rings. The summed E-state index contributed by atoms with van der Waals surface area (Å²) in [6, 6.07) is 9.88. The second kappa shape index (κ2) is 6.73. The summed E-state index contributed by atoms with van der Waals surface area (Å²) >= 11 is 0. The number of carbonyl (C=O) groups excluding carboxylic acids is 1. The third kappa shape index (κ3) is 4.93. The molecule has 4 heteroatoms. The van der Waals surface area contributed by atoms with Gasteiger partial charge >= 0.3 is 0 Å². The van der Waals surface area contributed by atoms with Gasteiger partial charge < -0.3 is 4.74 Å². The van der Waals surface area contributed by atoms with Crippen molar-refractivity contribution in [3.63, 3.8) is 0 Å². The summed E-state index contributed by atoms with van der Waals surface area (Å²) in [5.74, 6) is 0. The molecule has 0 aliphatic rings.